The van der Waals surface area contributed by atoms with Crippen molar-refractivity contribution in [3.05, 3.63) is 22.5 Å². The molecule has 0 fully saturated rings. The number of aliphatic carboxylic acids is 1. The van der Waals surface area contributed by atoms with Crippen LogP contribution in [0.2, 0.25) is 0 Å². The summed E-state index contributed by atoms with van der Waals surface area (Å²) >= 11 is 0. The lowest BCUT2D eigenvalue weighted by Gasteiger charge is -2.11. The van der Waals surface area contributed by atoms with Gasteiger partial charge in [-0.25, -0.2) is 4.68 Å². The Bertz CT molecular complexity index is 397. The normalized spacial score (nSPS) is 9.86. The second-order valence-corrected chi connectivity index (χ2v) is 2.98. The van der Waals surface area contributed by atoms with Gasteiger partial charge in [0.15, 0.2) is 0 Å². The van der Waals surface area contributed by atoms with Gasteiger partial charge in [0.05, 0.1) is 0 Å². The van der Waals surface area contributed by atoms with Crippen LogP contribution in [0.25, 0.3) is 0 Å². The van der Waals surface area contributed by atoms with Gasteiger partial charge in [0, 0.05) is 20.2 Å². The maximum atomic E-state index is 11.1. The summed E-state index contributed by atoms with van der Waals surface area (Å²) in [5.41, 5.74) is -0.419. The second-order valence-electron chi connectivity index (χ2n) is 2.98. The van der Waals surface area contributed by atoms with E-state index in [1.54, 1.807) is 25.1 Å². The molecular weight excluding hydrogens is 186 g/mol. The van der Waals surface area contributed by atoms with E-state index in [9.17, 15) is 9.59 Å². The van der Waals surface area contributed by atoms with Gasteiger partial charge in [-0.05, 0) is 6.07 Å². The van der Waals surface area contributed by atoms with Crippen LogP contribution in [-0.4, -0.2) is 35.0 Å². The Morgan fingerprint density at radius 3 is 2.71 bits per heavy atom. The maximum Gasteiger partial charge on any atom is 0.325 e. The molecule has 6 nitrogen and oxygen atoms in total. The van der Waals surface area contributed by atoms with Crippen molar-refractivity contribution in [2.75, 3.05) is 19.0 Å². The van der Waals surface area contributed by atoms with Gasteiger partial charge >= 0.3 is 5.97 Å². The lowest BCUT2D eigenvalue weighted by atomic mass is 10.5. The molecule has 14 heavy (non-hydrogen) atoms. The number of hydrogen-bond donors (Lipinski definition) is 1. The van der Waals surface area contributed by atoms with Crippen LogP contribution in [0.5, 0.6) is 0 Å². The molecule has 0 spiro atoms. The lowest BCUT2D eigenvalue weighted by molar-refractivity contribution is -0.138. The Morgan fingerprint density at radius 1 is 1.57 bits per heavy atom. The van der Waals surface area contributed by atoms with Gasteiger partial charge in [-0.15, -0.1) is 0 Å². The van der Waals surface area contributed by atoms with Gasteiger partial charge in [-0.1, -0.05) is 0 Å². The average molecular weight is 197 g/mol. The number of rotatable bonds is 3. The highest BCUT2D eigenvalue weighted by atomic mass is 16.4. The fourth-order valence-electron chi connectivity index (χ4n) is 0.918. The van der Waals surface area contributed by atoms with Crippen molar-refractivity contribution in [2.45, 2.75) is 6.54 Å². The molecule has 0 bridgehead atoms. The monoisotopic (exact) mass is 197 g/mol. The minimum atomic E-state index is -1.09. The lowest BCUT2D eigenvalue weighted by Crippen LogP contribution is -2.27. The van der Waals surface area contributed by atoms with E-state index in [-0.39, 0.29) is 0 Å². The number of carbonyl (C=O) groups is 1. The molecule has 0 saturated carbocycles. The molecule has 1 N–H and O–H groups in total. The molecule has 0 aliphatic carbocycles. The first-order chi connectivity index (χ1) is 6.50. The van der Waals surface area contributed by atoms with E-state index in [0.29, 0.717) is 5.82 Å². The number of aromatic nitrogens is 2. The SMILES string of the molecule is CN(C)c1ccc(=O)n(CC(=O)O)n1. The van der Waals surface area contributed by atoms with E-state index in [1.807, 2.05) is 0 Å². The standard InChI is InChI=1S/C8H11N3O3/c1-10(2)6-3-4-7(12)11(9-6)5-8(13)14/h3-4H,5H2,1-2H3,(H,13,14). The van der Waals surface area contributed by atoms with E-state index in [2.05, 4.69) is 5.10 Å². The molecular formula is C8H11N3O3. The molecule has 1 aromatic rings. The first kappa shape index (κ1) is 10.2. The maximum absolute atomic E-state index is 11.1. The van der Waals surface area contributed by atoms with Gasteiger partial charge in [0.1, 0.15) is 12.4 Å². The number of anilines is 1. The van der Waals surface area contributed by atoms with Crippen LogP contribution in [0.15, 0.2) is 16.9 Å². The third kappa shape index (κ3) is 2.32. The van der Waals surface area contributed by atoms with Crippen molar-refractivity contribution in [1.82, 2.24) is 9.78 Å². The molecule has 1 rings (SSSR count). The zero-order valence-electron chi connectivity index (χ0n) is 7.97. The smallest absolute Gasteiger partial charge is 0.325 e. The summed E-state index contributed by atoms with van der Waals surface area (Å²) in [5, 5.41) is 12.4. The second kappa shape index (κ2) is 3.91. The first-order valence-corrected chi connectivity index (χ1v) is 3.98. The third-order valence-electron chi connectivity index (χ3n) is 1.60. The molecule has 0 amide bonds. The molecule has 0 aromatic carbocycles. The summed E-state index contributed by atoms with van der Waals surface area (Å²) in [6, 6.07) is 2.84. The zero-order chi connectivity index (χ0) is 10.7. The minimum absolute atomic E-state index is 0.416. The molecule has 0 unspecified atom stereocenters. The fraction of sp³-hybridized carbons (Fsp3) is 0.375. The Hall–Kier alpha value is -1.85. The zero-order valence-corrected chi connectivity index (χ0v) is 7.97. The van der Waals surface area contributed by atoms with E-state index < -0.39 is 18.1 Å². The van der Waals surface area contributed by atoms with Crippen LogP contribution in [0, 0.1) is 0 Å². The highest BCUT2D eigenvalue weighted by Crippen LogP contribution is 2.01. The summed E-state index contributed by atoms with van der Waals surface area (Å²) < 4.78 is 0.914. The average Bonchev–Trinajstić information content (AvgIpc) is 2.07. The molecule has 76 valence electrons. The number of hydrogen-bond acceptors (Lipinski definition) is 4. The van der Waals surface area contributed by atoms with Crippen molar-refractivity contribution in [2.24, 2.45) is 0 Å². The van der Waals surface area contributed by atoms with E-state index in [1.165, 1.54) is 6.07 Å². The van der Waals surface area contributed by atoms with Crippen LogP contribution in [0.4, 0.5) is 5.82 Å². The summed E-state index contributed by atoms with van der Waals surface area (Å²) in [5.74, 6) is -0.540. The highest BCUT2D eigenvalue weighted by molar-refractivity contribution is 5.66. The van der Waals surface area contributed by atoms with E-state index in [0.717, 1.165) is 4.68 Å². The van der Waals surface area contributed by atoms with Crippen molar-refractivity contribution in [1.29, 1.82) is 0 Å². The van der Waals surface area contributed by atoms with Crippen molar-refractivity contribution < 1.29 is 9.90 Å². The Labute approximate surface area is 80.4 Å². The molecule has 0 saturated heterocycles. The van der Waals surface area contributed by atoms with Crippen molar-refractivity contribution in [3.63, 3.8) is 0 Å². The minimum Gasteiger partial charge on any atom is -0.480 e. The van der Waals surface area contributed by atoms with Gasteiger partial charge in [0.2, 0.25) is 0 Å². The Morgan fingerprint density at radius 2 is 2.21 bits per heavy atom. The number of carboxylic acids is 1. The van der Waals surface area contributed by atoms with Crippen molar-refractivity contribution >= 4 is 11.8 Å². The van der Waals surface area contributed by atoms with Crippen LogP contribution in [0.1, 0.15) is 0 Å². The molecule has 0 aliphatic rings. The van der Waals surface area contributed by atoms with Crippen molar-refractivity contribution in [3.8, 4) is 0 Å². The molecule has 0 aliphatic heterocycles. The van der Waals surface area contributed by atoms with Gasteiger partial charge < -0.3 is 10.0 Å². The van der Waals surface area contributed by atoms with Crippen LogP contribution < -0.4 is 10.5 Å². The molecule has 6 heteroatoms. The highest BCUT2D eigenvalue weighted by Gasteiger charge is 2.05. The molecule has 1 heterocycles. The van der Waals surface area contributed by atoms with E-state index >= 15 is 0 Å². The largest absolute Gasteiger partial charge is 0.480 e. The predicted molar refractivity (Wildman–Crippen MR) is 50.5 cm³/mol. The summed E-state index contributed by atoms with van der Waals surface area (Å²) in [4.78, 5) is 23.2. The van der Waals surface area contributed by atoms with Crippen LogP contribution in [-0.2, 0) is 11.3 Å². The summed E-state index contributed by atoms with van der Waals surface area (Å²) in [6.45, 7) is -0.416. The first-order valence-electron chi connectivity index (χ1n) is 3.98. The molecule has 0 radical (unpaired) electrons. The molecule has 0 atom stereocenters. The van der Waals surface area contributed by atoms with E-state index in [4.69, 9.17) is 5.11 Å². The summed E-state index contributed by atoms with van der Waals surface area (Å²) in [6.07, 6.45) is 0. The quantitative estimate of drug-likeness (QED) is 0.699. The Kier molecular flexibility index (Phi) is 2.85. The fourth-order valence-corrected chi connectivity index (χ4v) is 0.918. The van der Waals surface area contributed by atoms with Gasteiger partial charge in [-0.3, -0.25) is 9.59 Å². The third-order valence-corrected chi connectivity index (χ3v) is 1.60. The summed E-state index contributed by atoms with van der Waals surface area (Å²) in [7, 11) is 3.52. The number of nitrogens with zero attached hydrogens (tertiary/aromatic N) is 3. The molecule has 1 aromatic heterocycles. The van der Waals surface area contributed by atoms with Gasteiger partial charge in [0.25, 0.3) is 5.56 Å². The predicted octanol–water partition coefficient (Wildman–Crippen LogP) is -0.606. The van der Waals surface area contributed by atoms with Crippen LogP contribution in [0.3, 0.4) is 0 Å². The number of carboxylic acid groups (broad SMARTS) is 1. The topological polar surface area (TPSA) is 75.4 Å². The Balaban J connectivity index is 3.08. The van der Waals surface area contributed by atoms with Crippen LogP contribution >= 0.6 is 0 Å². The van der Waals surface area contributed by atoms with Gasteiger partial charge in [-0.2, -0.15) is 5.10 Å².